The smallest absolute Gasteiger partial charge is 0.195 e. The Hall–Kier alpha value is -2.33. The first kappa shape index (κ1) is 15.9. The van der Waals surface area contributed by atoms with Gasteiger partial charge < -0.3 is 0 Å². The molecule has 126 valence electrons. The summed E-state index contributed by atoms with van der Waals surface area (Å²) in [5.41, 5.74) is 5.29. The zero-order chi connectivity index (χ0) is 17.7. The molecule has 0 radical (unpaired) electrons. The summed E-state index contributed by atoms with van der Waals surface area (Å²) in [5, 5.41) is 1.44. The van der Waals surface area contributed by atoms with Crippen LogP contribution in [0.4, 0.5) is 0 Å². The second-order valence-corrected chi connectivity index (χ2v) is 7.89. The molecule has 0 bridgehead atoms. The maximum absolute atomic E-state index is 6.10. The first-order chi connectivity index (χ1) is 12.7. The molecule has 5 heteroatoms. The van der Waals surface area contributed by atoms with Crippen molar-refractivity contribution < 1.29 is 0 Å². The summed E-state index contributed by atoms with van der Waals surface area (Å²) in [6, 6.07) is 24.1. The Kier molecular flexibility index (Phi) is 3.75. The lowest BCUT2D eigenvalue weighted by Gasteiger charge is -2.06. The van der Waals surface area contributed by atoms with Gasteiger partial charge in [-0.05, 0) is 36.4 Å². The SMILES string of the molecule is Clc1ccc(-c2nc3sc4ccccc4n3c2-c2ccc(Cl)cc2)cc1. The molecule has 5 aromatic rings. The molecule has 0 saturated carbocycles. The number of benzene rings is 3. The molecule has 2 aromatic heterocycles. The van der Waals surface area contributed by atoms with E-state index >= 15 is 0 Å². The van der Waals surface area contributed by atoms with Crippen LogP contribution in [0.2, 0.25) is 10.0 Å². The molecule has 0 fully saturated rings. The van der Waals surface area contributed by atoms with E-state index in [1.54, 1.807) is 11.3 Å². The van der Waals surface area contributed by atoms with Crippen LogP contribution in [0.5, 0.6) is 0 Å². The fourth-order valence-electron chi connectivity index (χ4n) is 3.20. The number of halogens is 2. The van der Waals surface area contributed by atoms with Gasteiger partial charge in [-0.2, -0.15) is 0 Å². The lowest BCUT2D eigenvalue weighted by Crippen LogP contribution is -1.89. The van der Waals surface area contributed by atoms with E-state index in [0.717, 1.165) is 38.0 Å². The Morgan fingerprint density at radius 1 is 0.731 bits per heavy atom. The average molecular weight is 395 g/mol. The van der Waals surface area contributed by atoms with Crippen molar-refractivity contribution in [2.75, 3.05) is 0 Å². The largest absolute Gasteiger partial charge is 0.282 e. The van der Waals surface area contributed by atoms with Crippen LogP contribution in [0.1, 0.15) is 0 Å². The van der Waals surface area contributed by atoms with E-state index in [1.165, 1.54) is 4.70 Å². The number of hydrogen-bond donors (Lipinski definition) is 0. The van der Waals surface area contributed by atoms with Crippen molar-refractivity contribution in [3.05, 3.63) is 82.8 Å². The highest BCUT2D eigenvalue weighted by Crippen LogP contribution is 2.38. The van der Waals surface area contributed by atoms with Gasteiger partial charge >= 0.3 is 0 Å². The third-order valence-corrected chi connectivity index (χ3v) is 5.91. The number of rotatable bonds is 2. The van der Waals surface area contributed by atoms with E-state index in [2.05, 4.69) is 28.7 Å². The Bertz CT molecular complexity index is 1240. The van der Waals surface area contributed by atoms with Crippen LogP contribution < -0.4 is 0 Å². The molecule has 5 rings (SSSR count). The van der Waals surface area contributed by atoms with Gasteiger partial charge in [0.15, 0.2) is 4.96 Å². The van der Waals surface area contributed by atoms with Crippen molar-refractivity contribution in [2.24, 2.45) is 0 Å². The van der Waals surface area contributed by atoms with E-state index in [4.69, 9.17) is 28.2 Å². The molecule has 0 aliphatic rings. The topological polar surface area (TPSA) is 17.3 Å². The molecule has 2 heterocycles. The zero-order valence-corrected chi connectivity index (χ0v) is 15.8. The van der Waals surface area contributed by atoms with E-state index in [0.29, 0.717) is 5.02 Å². The van der Waals surface area contributed by atoms with E-state index in [-0.39, 0.29) is 0 Å². The summed E-state index contributed by atoms with van der Waals surface area (Å²) in [7, 11) is 0. The van der Waals surface area contributed by atoms with E-state index in [9.17, 15) is 0 Å². The Labute approximate surface area is 164 Å². The summed E-state index contributed by atoms with van der Waals surface area (Å²) in [4.78, 5) is 5.93. The molecule has 0 amide bonds. The fraction of sp³-hybridized carbons (Fsp3) is 0. The van der Waals surface area contributed by atoms with Crippen molar-refractivity contribution in [1.82, 2.24) is 9.38 Å². The molecular formula is C21H12Cl2N2S. The summed E-state index contributed by atoms with van der Waals surface area (Å²) in [6.07, 6.45) is 0. The minimum absolute atomic E-state index is 0.716. The number of hydrogen-bond acceptors (Lipinski definition) is 2. The monoisotopic (exact) mass is 394 g/mol. The van der Waals surface area contributed by atoms with Crippen LogP contribution in [-0.4, -0.2) is 9.38 Å². The van der Waals surface area contributed by atoms with Crippen LogP contribution in [0.15, 0.2) is 72.8 Å². The molecule has 0 unspecified atom stereocenters. The number of para-hydroxylation sites is 1. The third-order valence-electron chi connectivity index (χ3n) is 4.39. The molecule has 0 aliphatic heterocycles. The van der Waals surface area contributed by atoms with Crippen LogP contribution in [0.3, 0.4) is 0 Å². The normalized spacial score (nSPS) is 11.5. The van der Waals surface area contributed by atoms with Gasteiger partial charge in [0.1, 0.15) is 0 Å². The van der Waals surface area contributed by atoms with Gasteiger partial charge in [-0.15, -0.1) is 0 Å². The molecule has 0 atom stereocenters. The molecule has 0 spiro atoms. The van der Waals surface area contributed by atoms with E-state index < -0.39 is 0 Å². The van der Waals surface area contributed by atoms with Crippen LogP contribution >= 0.6 is 34.5 Å². The van der Waals surface area contributed by atoms with Crippen molar-refractivity contribution in [3.8, 4) is 22.5 Å². The van der Waals surface area contributed by atoms with Crippen LogP contribution in [0, 0.1) is 0 Å². The highest BCUT2D eigenvalue weighted by atomic mass is 35.5. The summed E-state index contributed by atoms with van der Waals surface area (Å²) in [5.74, 6) is 0. The number of nitrogens with zero attached hydrogens (tertiary/aromatic N) is 2. The van der Waals surface area contributed by atoms with E-state index in [1.807, 2.05) is 48.5 Å². The lowest BCUT2D eigenvalue weighted by molar-refractivity contribution is 1.30. The highest BCUT2D eigenvalue weighted by Gasteiger charge is 2.19. The maximum Gasteiger partial charge on any atom is 0.195 e. The quantitative estimate of drug-likeness (QED) is 0.309. The van der Waals surface area contributed by atoms with Gasteiger partial charge in [0.2, 0.25) is 0 Å². The van der Waals surface area contributed by atoms with Crippen molar-refractivity contribution in [2.45, 2.75) is 0 Å². The molecule has 0 N–H and O–H groups in total. The zero-order valence-electron chi connectivity index (χ0n) is 13.5. The number of aromatic nitrogens is 2. The second kappa shape index (κ2) is 6.13. The first-order valence-electron chi connectivity index (χ1n) is 8.12. The first-order valence-corrected chi connectivity index (χ1v) is 9.70. The van der Waals surface area contributed by atoms with Crippen molar-refractivity contribution >= 4 is 49.7 Å². The van der Waals surface area contributed by atoms with Gasteiger partial charge in [-0.3, -0.25) is 4.40 Å². The van der Waals surface area contributed by atoms with Gasteiger partial charge in [0.05, 0.1) is 21.6 Å². The molecule has 2 nitrogen and oxygen atoms in total. The van der Waals surface area contributed by atoms with Gasteiger partial charge in [0.25, 0.3) is 0 Å². The molecule has 26 heavy (non-hydrogen) atoms. The van der Waals surface area contributed by atoms with Crippen LogP contribution in [0.25, 0.3) is 37.7 Å². The van der Waals surface area contributed by atoms with Gasteiger partial charge in [0, 0.05) is 21.2 Å². The third kappa shape index (κ3) is 2.52. The molecule has 3 aromatic carbocycles. The Morgan fingerprint density at radius 3 is 2.04 bits per heavy atom. The van der Waals surface area contributed by atoms with Gasteiger partial charge in [-0.1, -0.05) is 70.9 Å². The standard InChI is InChI=1S/C21H12Cl2N2S/c22-15-9-5-13(6-10-15)19-20(14-7-11-16(23)12-8-14)25-17-3-1-2-4-18(17)26-21(25)24-19/h1-12H. The fourth-order valence-corrected chi connectivity index (χ4v) is 4.48. The number of thiazole rings is 1. The van der Waals surface area contributed by atoms with Crippen LogP contribution in [-0.2, 0) is 0 Å². The van der Waals surface area contributed by atoms with Crippen molar-refractivity contribution in [1.29, 1.82) is 0 Å². The number of imidazole rings is 1. The Balaban J connectivity index is 1.88. The minimum Gasteiger partial charge on any atom is -0.282 e. The average Bonchev–Trinajstić information content (AvgIpc) is 3.19. The summed E-state index contributed by atoms with van der Waals surface area (Å²) >= 11 is 13.9. The minimum atomic E-state index is 0.716. The molecule has 0 saturated heterocycles. The molecular weight excluding hydrogens is 383 g/mol. The molecule has 0 aliphatic carbocycles. The summed E-state index contributed by atoms with van der Waals surface area (Å²) < 4.78 is 3.44. The summed E-state index contributed by atoms with van der Waals surface area (Å²) in [6.45, 7) is 0. The van der Waals surface area contributed by atoms with Crippen molar-refractivity contribution in [3.63, 3.8) is 0 Å². The maximum atomic E-state index is 6.10. The Morgan fingerprint density at radius 2 is 1.35 bits per heavy atom. The highest BCUT2D eigenvalue weighted by molar-refractivity contribution is 7.23. The number of fused-ring (bicyclic) bond motifs is 3. The second-order valence-electron chi connectivity index (χ2n) is 6.01. The predicted octanol–water partition coefficient (Wildman–Crippen LogP) is 7.19. The lowest BCUT2D eigenvalue weighted by atomic mass is 10.0. The predicted molar refractivity (Wildman–Crippen MR) is 111 cm³/mol. The van der Waals surface area contributed by atoms with Gasteiger partial charge in [-0.25, -0.2) is 4.98 Å².